The van der Waals surface area contributed by atoms with E-state index in [9.17, 15) is 18.0 Å². The predicted octanol–water partition coefficient (Wildman–Crippen LogP) is 0.960. The predicted molar refractivity (Wildman–Crippen MR) is 89.1 cm³/mol. The molecule has 0 aliphatic carbocycles. The third-order valence-electron chi connectivity index (χ3n) is 3.93. The van der Waals surface area contributed by atoms with Crippen molar-refractivity contribution in [2.75, 3.05) is 23.0 Å². The first-order chi connectivity index (χ1) is 10.7. The number of aryl methyl sites for hydroxylation is 2. The molecule has 2 rings (SSSR count). The van der Waals surface area contributed by atoms with Crippen LogP contribution in [-0.2, 0) is 19.4 Å². The fourth-order valence-electron chi connectivity index (χ4n) is 2.70. The lowest BCUT2D eigenvalue weighted by molar-refractivity contribution is -0.123. The van der Waals surface area contributed by atoms with Crippen LogP contribution in [0.25, 0.3) is 0 Å². The van der Waals surface area contributed by atoms with Gasteiger partial charge in [0.2, 0.25) is 11.8 Å². The van der Waals surface area contributed by atoms with Crippen molar-refractivity contribution < 1.29 is 18.0 Å². The standard InChI is InChI=1S/C16H22N2O4S/c1-11-4-5-12(2)15(8-11)18(13(3)19)9-16(20)17-14-6-7-23(21,22)10-14/h4-5,8,14H,6-7,9-10H2,1-3H3,(H,17,20). The van der Waals surface area contributed by atoms with E-state index < -0.39 is 9.84 Å². The second kappa shape index (κ2) is 6.70. The molecule has 1 aromatic rings. The van der Waals surface area contributed by atoms with Crippen molar-refractivity contribution in [3.8, 4) is 0 Å². The van der Waals surface area contributed by atoms with Gasteiger partial charge in [-0.25, -0.2) is 8.42 Å². The molecule has 0 saturated carbocycles. The lowest BCUT2D eigenvalue weighted by Crippen LogP contribution is -2.44. The zero-order valence-corrected chi connectivity index (χ0v) is 14.4. The van der Waals surface area contributed by atoms with Gasteiger partial charge in [-0.3, -0.25) is 9.59 Å². The van der Waals surface area contributed by atoms with Gasteiger partial charge in [0.1, 0.15) is 6.54 Å². The molecule has 1 aliphatic heterocycles. The van der Waals surface area contributed by atoms with Crippen LogP contribution in [0.1, 0.15) is 24.5 Å². The van der Waals surface area contributed by atoms with Crippen molar-refractivity contribution in [2.45, 2.75) is 33.2 Å². The number of amides is 2. The normalized spacial score (nSPS) is 19.3. The molecule has 1 unspecified atom stereocenters. The SMILES string of the molecule is CC(=O)N(CC(=O)NC1CCS(=O)(=O)C1)c1cc(C)ccc1C. The van der Waals surface area contributed by atoms with Crippen LogP contribution in [0.4, 0.5) is 5.69 Å². The molecule has 6 nitrogen and oxygen atoms in total. The van der Waals surface area contributed by atoms with Crippen LogP contribution in [-0.4, -0.2) is 44.3 Å². The quantitative estimate of drug-likeness (QED) is 0.886. The largest absolute Gasteiger partial charge is 0.351 e. The molecule has 126 valence electrons. The average molecular weight is 338 g/mol. The minimum atomic E-state index is -3.05. The van der Waals surface area contributed by atoms with Gasteiger partial charge in [0, 0.05) is 18.7 Å². The first kappa shape index (κ1) is 17.5. The second-order valence-electron chi connectivity index (χ2n) is 6.06. The molecule has 23 heavy (non-hydrogen) atoms. The highest BCUT2D eigenvalue weighted by Gasteiger charge is 2.29. The Morgan fingerprint density at radius 2 is 2.00 bits per heavy atom. The third kappa shape index (κ3) is 4.54. The van der Waals surface area contributed by atoms with Crippen LogP contribution in [0, 0.1) is 13.8 Å². The van der Waals surface area contributed by atoms with Crippen LogP contribution in [0.2, 0.25) is 0 Å². The Morgan fingerprint density at radius 3 is 2.57 bits per heavy atom. The highest BCUT2D eigenvalue weighted by atomic mass is 32.2. The summed E-state index contributed by atoms with van der Waals surface area (Å²) in [4.78, 5) is 25.5. The van der Waals surface area contributed by atoms with Gasteiger partial charge in [-0.05, 0) is 37.5 Å². The van der Waals surface area contributed by atoms with Crippen molar-refractivity contribution in [1.29, 1.82) is 0 Å². The fourth-order valence-corrected chi connectivity index (χ4v) is 4.38. The Hall–Kier alpha value is -1.89. The number of nitrogens with zero attached hydrogens (tertiary/aromatic N) is 1. The van der Waals surface area contributed by atoms with Gasteiger partial charge in [0.15, 0.2) is 9.84 Å². The van der Waals surface area contributed by atoms with Gasteiger partial charge in [-0.15, -0.1) is 0 Å². The van der Waals surface area contributed by atoms with E-state index in [1.807, 2.05) is 32.0 Å². The fraction of sp³-hybridized carbons (Fsp3) is 0.500. The van der Waals surface area contributed by atoms with E-state index in [0.29, 0.717) is 12.1 Å². The van der Waals surface area contributed by atoms with Crippen LogP contribution >= 0.6 is 0 Å². The Bertz CT molecular complexity index is 728. The van der Waals surface area contributed by atoms with E-state index in [1.54, 1.807) is 0 Å². The summed E-state index contributed by atoms with van der Waals surface area (Å²) in [6, 6.07) is 5.35. The molecule has 1 heterocycles. The number of nitrogens with one attached hydrogen (secondary N) is 1. The van der Waals surface area contributed by atoms with Crippen molar-refractivity contribution in [3.63, 3.8) is 0 Å². The van der Waals surface area contributed by atoms with Gasteiger partial charge < -0.3 is 10.2 Å². The number of benzene rings is 1. The lowest BCUT2D eigenvalue weighted by Gasteiger charge is -2.24. The summed E-state index contributed by atoms with van der Waals surface area (Å²) in [6.45, 7) is 5.10. The summed E-state index contributed by atoms with van der Waals surface area (Å²) < 4.78 is 22.9. The zero-order chi connectivity index (χ0) is 17.2. The summed E-state index contributed by atoms with van der Waals surface area (Å²) in [6.07, 6.45) is 0.428. The number of anilines is 1. The van der Waals surface area contributed by atoms with Gasteiger partial charge in [0.25, 0.3) is 0 Å². The summed E-state index contributed by atoms with van der Waals surface area (Å²) in [5.74, 6) is -0.496. The first-order valence-corrected chi connectivity index (χ1v) is 9.35. The molecule has 2 amide bonds. The molecule has 7 heteroatoms. The smallest absolute Gasteiger partial charge is 0.240 e. The molecule has 1 saturated heterocycles. The zero-order valence-electron chi connectivity index (χ0n) is 13.6. The summed E-state index contributed by atoms with van der Waals surface area (Å²) >= 11 is 0. The highest BCUT2D eigenvalue weighted by molar-refractivity contribution is 7.91. The Morgan fingerprint density at radius 1 is 1.30 bits per heavy atom. The molecule has 1 N–H and O–H groups in total. The van der Waals surface area contributed by atoms with Gasteiger partial charge in [-0.1, -0.05) is 12.1 Å². The monoisotopic (exact) mass is 338 g/mol. The van der Waals surface area contributed by atoms with Crippen molar-refractivity contribution in [3.05, 3.63) is 29.3 Å². The van der Waals surface area contributed by atoms with Crippen molar-refractivity contribution in [1.82, 2.24) is 5.32 Å². The van der Waals surface area contributed by atoms with E-state index in [-0.39, 0.29) is 35.9 Å². The van der Waals surface area contributed by atoms with Crippen molar-refractivity contribution >= 4 is 27.3 Å². The minimum absolute atomic E-state index is 0.0255. The third-order valence-corrected chi connectivity index (χ3v) is 5.70. The molecule has 1 aromatic carbocycles. The molecule has 0 bridgehead atoms. The Balaban J connectivity index is 2.09. The average Bonchev–Trinajstić information content (AvgIpc) is 2.78. The second-order valence-corrected chi connectivity index (χ2v) is 8.29. The Kier molecular flexibility index (Phi) is 5.09. The minimum Gasteiger partial charge on any atom is -0.351 e. The number of carbonyl (C=O) groups excluding carboxylic acids is 2. The topological polar surface area (TPSA) is 83.6 Å². The van der Waals surface area contributed by atoms with Gasteiger partial charge in [-0.2, -0.15) is 0 Å². The molecule has 1 atom stereocenters. The molecule has 1 aliphatic rings. The van der Waals surface area contributed by atoms with Crippen LogP contribution in [0.5, 0.6) is 0 Å². The maximum Gasteiger partial charge on any atom is 0.240 e. The molecule has 1 fully saturated rings. The van der Waals surface area contributed by atoms with Gasteiger partial charge >= 0.3 is 0 Å². The summed E-state index contributed by atoms with van der Waals surface area (Å²) in [7, 11) is -3.05. The molecule has 0 radical (unpaired) electrons. The molecular weight excluding hydrogens is 316 g/mol. The summed E-state index contributed by atoms with van der Waals surface area (Å²) in [5, 5.41) is 2.71. The Labute approximate surface area is 136 Å². The van der Waals surface area contributed by atoms with Gasteiger partial charge in [0.05, 0.1) is 11.5 Å². The number of carbonyl (C=O) groups is 2. The van der Waals surface area contributed by atoms with E-state index in [1.165, 1.54) is 11.8 Å². The number of hydrogen-bond donors (Lipinski definition) is 1. The number of rotatable bonds is 4. The number of sulfone groups is 1. The highest BCUT2D eigenvalue weighted by Crippen LogP contribution is 2.21. The van der Waals surface area contributed by atoms with Crippen LogP contribution < -0.4 is 10.2 Å². The molecular formula is C16H22N2O4S. The van der Waals surface area contributed by atoms with Crippen molar-refractivity contribution in [2.24, 2.45) is 0 Å². The van der Waals surface area contributed by atoms with E-state index in [4.69, 9.17) is 0 Å². The lowest BCUT2D eigenvalue weighted by atomic mass is 10.1. The van der Waals surface area contributed by atoms with Crippen LogP contribution in [0.15, 0.2) is 18.2 Å². The van der Waals surface area contributed by atoms with E-state index in [2.05, 4.69) is 5.32 Å². The van der Waals surface area contributed by atoms with E-state index in [0.717, 1.165) is 11.1 Å². The first-order valence-electron chi connectivity index (χ1n) is 7.53. The maximum absolute atomic E-state index is 12.2. The van der Waals surface area contributed by atoms with E-state index >= 15 is 0 Å². The van der Waals surface area contributed by atoms with Crippen LogP contribution in [0.3, 0.4) is 0 Å². The molecule has 0 aromatic heterocycles. The number of hydrogen-bond acceptors (Lipinski definition) is 4. The maximum atomic E-state index is 12.2. The summed E-state index contributed by atoms with van der Waals surface area (Å²) in [5.41, 5.74) is 2.60. The molecule has 0 spiro atoms.